The summed E-state index contributed by atoms with van der Waals surface area (Å²) in [5.74, 6) is -1.38. The molecule has 0 aromatic heterocycles. The van der Waals surface area contributed by atoms with E-state index in [1.165, 1.54) is 17.2 Å². The van der Waals surface area contributed by atoms with E-state index in [0.29, 0.717) is 12.8 Å². The minimum Gasteiger partial charge on any atom is -0.323 e. The van der Waals surface area contributed by atoms with Gasteiger partial charge in [-0.3, -0.25) is 4.79 Å². The van der Waals surface area contributed by atoms with Crippen LogP contribution in [0.25, 0.3) is 0 Å². The van der Waals surface area contributed by atoms with Gasteiger partial charge in [0.05, 0.1) is 5.92 Å². The lowest BCUT2D eigenvalue weighted by molar-refractivity contribution is -0.182. The molecule has 0 spiro atoms. The first-order chi connectivity index (χ1) is 11.8. The summed E-state index contributed by atoms with van der Waals surface area (Å²) in [6.07, 6.45) is 0.499. The van der Waals surface area contributed by atoms with E-state index in [-0.39, 0.29) is 30.8 Å². The van der Waals surface area contributed by atoms with Gasteiger partial charge in [0.1, 0.15) is 0 Å². The summed E-state index contributed by atoms with van der Waals surface area (Å²) >= 11 is 0. The van der Waals surface area contributed by atoms with E-state index in [1.807, 2.05) is 18.2 Å². The maximum absolute atomic E-state index is 12.7. The Hall–Kier alpha value is -1.82. The van der Waals surface area contributed by atoms with Crippen LogP contribution < -0.4 is 10.6 Å². The van der Waals surface area contributed by atoms with Crippen molar-refractivity contribution in [2.24, 2.45) is 5.92 Å². The predicted molar refractivity (Wildman–Crippen MR) is 91.4 cm³/mol. The highest BCUT2D eigenvalue weighted by molar-refractivity contribution is 5.98. The summed E-state index contributed by atoms with van der Waals surface area (Å²) in [6.45, 7) is 3.43. The molecule has 6 heteroatoms. The predicted octanol–water partition coefficient (Wildman–Crippen LogP) is 3.99. The van der Waals surface area contributed by atoms with E-state index in [9.17, 15) is 18.0 Å². The second kappa shape index (κ2) is 7.20. The number of hydrogen-bond donors (Lipinski definition) is 2. The lowest BCUT2D eigenvalue weighted by Gasteiger charge is -2.32. The highest BCUT2D eigenvalue weighted by atomic mass is 19.4. The first-order valence-corrected chi connectivity index (χ1v) is 8.73. The number of alkyl halides is 3. The van der Waals surface area contributed by atoms with E-state index >= 15 is 0 Å². The second-order valence-corrected chi connectivity index (χ2v) is 7.04. The molecule has 1 aromatic carbocycles. The maximum Gasteiger partial charge on any atom is 0.391 e. The van der Waals surface area contributed by atoms with Crippen molar-refractivity contribution in [2.45, 2.75) is 56.8 Å². The smallest absolute Gasteiger partial charge is 0.323 e. The SMILES string of the molecule is C=CC(=O)Nc1ccc2c(c1)CC(N[C@H]1CC[C@H](C(F)(F)F)CC1)C2. The number of benzene rings is 1. The third-order valence-corrected chi connectivity index (χ3v) is 5.25. The summed E-state index contributed by atoms with van der Waals surface area (Å²) in [5, 5.41) is 6.29. The highest BCUT2D eigenvalue weighted by Gasteiger charge is 2.41. The van der Waals surface area contributed by atoms with Gasteiger partial charge in [0.2, 0.25) is 5.91 Å². The third kappa shape index (κ3) is 4.42. The summed E-state index contributed by atoms with van der Waals surface area (Å²) in [7, 11) is 0. The standard InChI is InChI=1S/C19H23F3N2O/c1-2-18(25)24-16-6-3-12-9-17(11-13(12)10-16)23-15-7-4-14(5-8-15)19(20,21)22/h2-3,6,10,14-15,17,23H,1,4-5,7-9,11H2,(H,24,25)/t14-,15-,17?. The van der Waals surface area contributed by atoms with Crippen molar-refractivity contribution in [3.05, 3.63) is 42.0 Å². The number of fused-ring (bicyclic) bond motifs is 1. The Labute approximate surface area is 145 Å². The van der Waals surface area contributed by atoms with Crippen LogP contribution in [0.5, 0.6) is 0 Å². The molecular formula is C19H23F3N2O. The number of amides is 1. The normalized spacial score (nSPS) is 26.1. The molecule has 2 N–H and O–H groups in total. The quantitative estimate of drug-likeness (QED) is 0.805. The van der Waals surface area contributed by atoms with Crippen molar-refractivity contribution in [1.82, 2.24) is 5.32 Å². The number of carbonyl (C=O) groups is 1. The van der Waals surface area contributed by atoms with Gasteiger partial charge in [-0.05, 0) is 67.9 Å². The number of halogens is 3. The van der Waals surface area contributed by atoms with Crippen LogP contribution in [0.15, 0.2) is 30.9 Å². The fourth-order valence-electron chi connectivity index (χ4n) is 3.93. The van der Waals surface area contributed by atoms with E-state index in [1.54, 1.807) is 0 Å². The lowest BCUT2D eigenvalue weighted by atomic mass is 9.85. The zero-order valence-electron chi connectivity index (χ0n) is 14.0. The summed E-state index contributed by atoms with van der Waals surface area (Å²) in [5.41, 5.74) is 3.16. The Morgan fingerprint density at radius 1 is 1.08 bits per heavy atom. The Kier molecular flexibility index (Phi) is 5.18. The molecule has 25 heavy (non-hydrogen) atoms. The largest absolute Gasteiger partial charge is 0.391 e. The molecule has 136 valence electrons. The fraction of sp³-hybridized carbons (Fsp3) is 0.526. The van der Waals surface area contributed by atoms with Crippen molar-refractivity contribution >= 4 is 11.6 Å². The van der Waals surface area contributed by atoms with E-state index in [0.717, 1.165) is 18.5 Å². The molecule has 2 aliphatic rings. The molecule has 1 saturated carbocycles. The number of nitrogens with one attached hydrogen (secondary N) is 2. The van der Waals surface area contributed by atoms with Gasteiger partial charge in [-0.1, -0.05) is 12.6 Å². The molecule has 0 aliphatic heterocycles. The fourth-order valence-corrected chi connectivity index (χ4v) is 3.93. The summed E-state index contributed by atoms with van der Waals surface area (Å²) in [4.78, 5) is 11.4. The maximum atomic E-state index is 12.7. The van der Waals surface area contributed by atoms with Crippen molar-refractivity contribution in [1.29, 1.82) is 0 Å². The lowest BCUT2D eigenvalue weighted by Crippen LogP contribution is -2.42. The van der Waals surface area contributed by atoms with Crippen molar-refractivity contribution in [3.63, 3.8) is 0 Å². The van der Waals surface area contributed by atoms with E-state index < -0.39 is 12.1 Å². The van der Waals surface area contributed by atoms with Gasteiger partial charge in [0.25, 0.3) is 0 Å². The number of rotatable bonds is 4. The van der Waals surface area contributed by atoms with Crippen molar-refractivity contribution < 1.29 is 18.0 Å². The molecule has 0 radical (unpaired) electrons. The first-order valence-electron chi connectivity index (χ1n) is 8.73. The molecule has 1 amide bonds. The molecule has 1 fully saturated rings. The molecule has 0 bridgehead atoms. The average molecular weight is 352 g/mol. The number of carbonyl (C=O) groups excluding carboxylic acids is 1. The van der Waals surface area contributed by atoms with Crippen LogP contribution in [0.4, 0.5) is 18.9 Å². The number of hydrogen-bond acceptors (Lipinski definition) is 2. The van der Waals surface area contributed by atoms with Crippen LogP contribution in [0, 0.1) is 5.92 Å². The molecule has 1 aromatic rings. The third-order valence-electron chi connectivity index (χ3n) is 5.25. The van der Waals surface area contributed by atoms with Gasteiger partial charge in [0.15, 0.2) is 0 Å². The molecule has 2 aliphatic carbocycles. The van der Waals surface area contributed by atoms with Gasteiger partial charge in [-0.15, -0.1) is 0 Å². The Bertz CT molecular complexity index is 649. The Balaban J connectivity index is 1.53. The minimum absolute atomic E-state index is 0.165. The molecule has 1 atom stereocenters. The van der Waals surface area contributed by atoms with Crippen LogP contribution in [0.1, 0.15) is 36.8 Å². The molecule has 0 heterocycles. The van der Waals surface area contributed by atoms with E-state index in [4.69, 9.17) is 0 Å². The van der Waals surface area contributed by atoms with Crippen LogP contribution >= 0.6 is 0 Å². The van der Waals surface area contributed by atoms with Gasteiger partial charge in [0, 0.05) is 17.8 Å². The number of anilines is 1. The van der Waals surface area contributed by atoms with Crippen LogP contribution in [0.2, 0.25) is 0 Å². The minimum atomic E-state index is -4.05. The monoisotopic (exact) mass is 352 g/mol. The Morgan fingerprint density at radius 2 is 1.76 bits per heavy atom. The van der Waals surface area contributed by atoms with E-state index in [2.05, 4.69) is 17.2 Å². The van der Waals surface area contributed by atoms with Gasteiger partial charge >= 0.3 is 6.18 Å². The highest BCUT2D eigenvalue weighted by Crippen LogP contribution is 2.38. The first kappa shape index (κ1) is 18.0. The van der Waals surface area contributed by atoms with Crippen molar-refractivity contribution in [3.8, 4) is 0 Å². The van der Waals surface area contributed by atoms with Gasteiger partial charge in [-0.2, -0.15) is 13.2 Å². The summed E-state index contributed by atoms with van der Waals surface area (Å²) in [6, 6.07) is 6.28. The molecule has 3 rings (SSSR count). The second-order valence-electron chi connectivity index (χ2n) is 7.04. The molecule has 0 saturated heterocycles. The van der Waals surface area contributed by atoms with Crippen LogP contribution in [0.3, 0.4) is 0 Å². The van der Waals surface area contributed by atoms with Crippen LogP contribution in [-0.2, 0) is 17.6 Å². The van der Waals surface area contributed by atoms with Gasteiger partial charge in [-0.25, -0.2) is 0 Å². The molecule has 3 nitrogen and oxygen atoms in total. The molecule has 1 unspecified atom stereocenters. The zero-order valence-corrected chi connectivity index (χ0v) is 14.0. The van der Waals surface area contributed by atoms with Crippen molar-refractivity contribution in [2.75, 3.05) is 5.32 Å². The topological polar surface area (TPSA) is 41.1 Å². The zero-order chi connectivity index (χ0) is 18.0. The Morgan fingerprint density at radius 3 is 2.40 bits per heavy atom. The summed E-state index contributed by atoms with van der Waals surface area (Å²) < 4.78 is 38.2. The van der Waals surface area contributed by atoms with Crippen LogP contribution in [-0.4, -0.2) is 24.2 Å². The van der Waals surface area contributed by atoms with Gasteiger partial charge < -0.3 is 10.6 Å². The average Bonchev–Trinajstić information content (AvgIpc) is 2.95. The molecular weight excluding hydrogens is 329 g/mol.